The maximum atomic E-state index is 13.3. The third-order valence-electron chi connectivity index (χ3n) is 6.58. The third kappa shape index (κ3) is 6.52. The normalized spacial score (nSPS) is 11.7. The van der Waals surface area contributed by atoms with Crippen molar-refractivity contribution >= 4 is 55.6 Å². The van der Waals surface area contributed by atoms with Gasteiger partial charge in [0.2, 0.25) is 10.0 Å². The standard InChI is InChI=1S/C30H24F3N5O4S/c1-18-11-12-22(36-28(39)19-5-2-6-20(15-19)30(31,32)33)17-26(18)37-29(40)38-14-13-24-25(9-4-10-27(24)38)35-21-7-3-8-23(16-21)43(34,41)42/h2-17,35H,1H3,(H,36,39)(H,37,40)(H2,34,41,42). The third-order valence-corrected chi connectivity index (χ3v) is 7.49. The zero-order valence-electron chi connectivity index (χ0n) is 22.4. The van der Waals surface area contributed by atoms with E-state index in [0.29, 0.717) is 33.5 Å². The first-order valence-electron chi connectivity index (χ1n) is 12.7. The van der Waals surface area contributed by atoms with Crippen molar-refractivity contribution in [3.05, 3.63) is 114 Å². The topological polar surface area (TPSA) is 135 Å². The van der Waals surface area contributed by atoms with Crippen LogP contribution in [0.15, 0.2) is 102 Å². The van der Waals surface area contributed by atoms with Crippen LogP contribution in [0, 0.1) is 6.92 Å². The molecule has 0 radical (unpaired) electrons. The van der Waals surface area contributed by atoms with Gasteiger partial charge < -0.3 is 16.0 Å². The number of alkyl halides is 3. The van der Waals surface area contributed by atoms with Gasteiger partial charge in [-0.15, -0.1) is 0 Å². The number of halogens is 3. The van der Waals surface area contributed by atoms with Crippen LogP contribution in [-0.4, -0.2) is 24.9 Å². The van der Waals surface area contributed by atoms with Crippen LogP contribution in [0.25, 0.3) is 10.9 Å². The monoisotopic (exact) mass is 607 g/mol. The van der Waals surface area contributed by atoms with Gasteiger partial charge in [0.15, 0.2) is 0 Å². The highest BCUT2D eigenvalue weighted by molar-refractivity contribution is 7.89. The lowest BCUT2D eigenvalue weighted by molar-refractivity contribution is -0.137. The summed E-state index contributed by atoms with van der Waals surface area (Å²) in [5.74, 6) is -0.738. The van der Waals surface area contributed by atoms with E-state index in [4.69, 9.17) is 5.14 Å². The molecule has 2 amide bonds. The number of aryl methyl sites for hydroxylation is 1. The van der Waals surface area contributed by atoms with Crippen molar-refractivity contribution in [1.29, 1.82) is 0 Å². The summed E-state index contributed by atoms with van der Waals surface area (Å²) in [6.07, 6.45) is -3.02. The molecule has 0 saturated carbocycles. The molecule has 13 heteroatoms. The molecule has 220 valence electrons. The first-order valence-corrected chi connectivity index (χ1v) is 14.2. The van der Waals surface area contributed by atoms with Crippen LogP contribution in [-0.2, 0) is 16.2 Å². The fourth-order valence-electron chi connectivity index (χ4n) is 4.41. The van der Waals surface area contributed by atoms with Gasteiger partial charge in [-0.2, -0.15) is 13.2 Å². The van der Waals surface area contributed by atoms with Crippen molar-refractivity contribution in [2.45, 2.75) is 18.0 Å². The Bertz CT molecular complexity index is 1990. The second-order valence-corrected chi connectivity index (χ2v) is 11.2. The first-order chi connectivity index (χ1) is 20.3. The van der Waals surface area contributed by atoms with Crippen LogP contribution in [0.5, 0.6) is 0 Å². The van der Waals surface area contributed by atoms with Gasteiger partial charge >= 0.3 is 12.2 Å². The summed E-state index contributed by atoms with van der Waals surface area (Å²) >= 11 is 0. The van der Waals surface area contributed by atoms with Gasteiger partial charge in [-0.1, -0.05) is 24.3 Å². The Morgan fingerprint density at radius 2 is 1.56 bits per heavy atom. The Labute approximate surface area is 244 Å². The molecule has 9 nitrogen and oxygen atoms in total. The number of aromatic nitrogens is 1. The summed E-state index contributed by atoms with van der Waals surface area (Å²) in [5.41, 5.74) is 1.88. The maximum Gasteiger partial charge on any atom is 0.416 e. The average molecular weight is 608 g/mol. The summed E-state index contributed by atoms with van der Waals surface area (Å²) < 4.78 is 64.0. The Morgan fingerprint density at radius 1 is 0.814 bits per heavy atom. The predicted molar refractivity (Wildman–Crippen MR) is 158 cm³/mol. The summed E-state index contributed by atoms with van der Waals surface area (Å²) in [6, 6.07) is 21.3. The number of hydrogen-bond donors (Lipinski definition) is 4. The summed E-state index contributed by atoms with van der Waals surface area (Å²) in [5, 5.41) is 14.4. The second-order valence-electron chi connectivity index (χ2n) is 9.61. The fraction of sp³-hybridized carbons (Fsp3) is 0.0667. The molecule has 4 aromatic carbocycles. The lowest BCUT2D eigenvalue weighted by atomic mass is 10.1. The molecule has 0 saturated heterocycles. The lowest BCUT2D eigenvalue weighted by Crippen LogP contribution is -2.19. The molecule has 5 rings (SSSR count). The van der Waals surface area contributed by atoms with E-state index in [1.807, 2.05) is 0 Å². The SMILES string of the molecule is Cc1ccc(NC(=O)c2cccc(C(F)(F)F)c2)cc1NC(=O)n1ccc2c(Nc3cccc(S(N)(=O)=O)c3)cccc21. The highest BCUT2D eigenvalue weighted by Crippen LogP contribution is 2.31. The minimum atomic E-state index is -4.59. The van der Waals surface area contributed by atoms with Gasteiger partial charge in [-0.05, 0) is 79.2 Å². The highest BCUT2D eigenvalue weighted by atomic mass is 32.2. The van der Waals surface area contributed by atoms with Crippen LogP contribution >= 0.6 is 0 Å². The Kier molecular flexibility index (Phi) is 7.69. The molecule has 0 aliphatic rings. The van der Waals surface area contributed by atoms with E-state index in [1.165, 1.54) is 28.8 Å². The minimum absolute atomic E-state index is 0.0507. The van der Waals surface area contributed by atoms with Crippen molar-refractivity contribution in [2.24, 2.45) is 5.14 Å². The number of primary sulfonamides is 1. The van der Waals surface area contributed by atoms with Crippen molar-refractivity contribution < 1.29 is 31.2 Å². The number of anilines is 4. The quantitative estimate of drug-likeness (QED) is 0.171. The number of hydrogen-bond acceptors (Lipinski definition) is 5. The van der Waals surface area contributed by atoms with Crippen LogP contribution in [0.4, 0.5) is 40.7 Å². The van der Waals surface area contributed by atoms with Gasteiger partial charge in [0, 0.05) is 39.9 Å². The average Bonchev–Trinajstić information content (AvgIpc) is 3.40. The molecule has 0 fully saturated rings. The van der Waals surface area contributed by atoms with Crippen molar-refractivity contribution in [3.8, 4) is 0 Å². The summed E-state index contributed by atoms with van der Waals surface area (Å²) in [7, 11) is -3.89. The Hall–Kier alpha value is -5.14. The van der Waals surface area contributed by atoms with E-state index in [-0.39, 0.29) is 16.1 Å². The Morgan fingerprint density at radius 3 is 2.30 bits per heavy atom. The van der Waals surface area contributed by atoms with Crippen molar-refractivity contribution in [1.82, 2.24) is 4.57 Å². The number of nitrogens with one attached hydrogen (secondary N) is 3. The largest absolute Gasteiger partial charge is 0.416 e. The number of fused-ring (bicyclic) bond motifs is 1. The number of nitrogens with two attached hydrogens (primary N) is 1. The number of carbonyl (C=O) groups excluding carboxylic acids is 2. The Balaban J connectivity index is 1.35. The van der Waals surface area contributed by atoms with Gasteiger partial charge in [-0.25, -0.2) is 18.4 Å². The van der Waals surface area contributed by atoms with E-state index >= 15 is 0 Å². The van der Waals surface area contributed by atoms with Crippen molar-refractivity contribution in [2.75, 3.05) is 16.0 Å². The summed E-state index contributed by atoms with van der Waals surface area (Å²) in [4.78, 5) is 25.9. The van der Waals surface area contributed by atoms with Crippen LogP contribution in [0.2, 0.25) is 0 Å². The zero-order valence-corrected chi connectivity index (χ0v) is 23.3. The molecule has 1 heterocycles. The van der Waals surface area contributed by atoms with Crippen molar-refractivity contribution in [3.63, 3.8) is 0 Å². The van der Waals surface area contributed by atoms with Gasteiger partial charge in [0.25, 0.3) is 5.91 Å². The number of carbonyl (C=O) groups is 2. The molecular weight excluding hydrogens is 583 g/mol. The van der Waals surface area contributed by atoms with Gasteiger partial charge in [-0.3, -0.25) is 9.36 Å². The fourth-order valence-corrected chi connectivity index (χ4v) is 4.97. The highest BCUT2D eigenvalue weighted by Gasteiger charge is 2.31. The molecule has 0 aliphatic carbocycles. The zero-order chi connectivity index (χ0) is 30.9. The minimum Gasteiger partial charge on any atom is -0.355 e. The molecule has 1 aromatic heterocycles. The molecule has 5 N–H and O–H groups in total. The number of rotatable bonds is 6. The molecule has 43 heavy (non-hydrogen) atoms. The predicted octanol–water partition coefficient (Wildman–Crippen LogP) is 6.69. The van der Waals surface area contributed by atoms with E-state index < -0.39 is 33.7 Å². The van der Waals surface area contributed by atoms with E-state index in [2.05, 4.69) is 16.0 Å². The molecule has 0 spiro atoms. The first kappa shape index (κ1) is 29.4. The number of sulfonamides is 1. The van der Waals surface area contributed by atoms with E-state index in [9.17, 15) is 31.2 Å². The smallest absolute Gasteiger partial charge is 0.355 e. The van der Waals surface area contributed by atoms with Gasteiger partial charge in [0.05, 0.1) is 16.0 Å². The van der Waals surface area contributed by atoms with E-state index in [0.717, 1.165) is 18.2 Å². The number of amides is 2. The molecule has 0 bridgehead atoms. The van der Waals surface area contributed by atoms with Crippen LogP contribution in [0.3, 0.4) is 0 Å². The molecule has 5 aromatic rings. The van der Waals surface area contributed by atoms with E-state index in [1.54, 1.807) is 61.7 Å². The second kappa shape index (κ2) is 11.3. The van der Waals surface area contributed by atoms with Crippen LogP contribution in [0.1, 0.15) is 21.5 Å². The molecule has 0 aliphatic heterocycles. The lowest BCUT2D eigenvalue weighted by Gasteiger charge is -2.13. The molecular formula is C30H24F3N5O4S. The summed E-state index contributed by atoms with van der Waals surface area (Å²) in [6.45, 7) is 1.75. The maximum absolute atomic E-state index is 13.3. The molecule has 0 atom stereocenters. The molecule has 0 unspecified atom stereocenters. The number of nitrogens with zero attached hydrogens (tertiary/aromatic N) is 1. The van der Waals surface area contributed by atoms with Crippen LogP contribution < -0.4 is 21.1 Å². The van der Waals surface area contributed by atoms with Gasteiger partial charge in [0.1, 0.15) is 0 Å². The number of benzene rings is 4.